The second-order valence-corrected chi connectivity index (χ2v) is 6.63. The van der Waals surface area contributed by atoms with Crippen LogP contribution in [0.25, 0.3) is 0 Å². The third-order valence-electron chi connectivity index (χ3n) is 4.65. The molecule has 0 saturated carbocycles. The van der Waals surface area contributed by atoms with Crippen LogP contribution in [0, 0.1) is 0 Å². The first-order valence-corrected chi connectivity index (χ1v) is 8.97. The fourth-order valence-electron chi connectivity index (χ4n) is 3.16. The first kappa shape index (κ1) is 18.5. The van der Waals surface area contributed by atoms with E-state index in [2.05, 4.69) is 4.90 Å². The number of carbonyl (C=O) groups excluding carboxylic acids is 1. The van der Waals surface area contributed by atoms with Gasteiger partial charge in [0.15, 0.2) is 0 Å². The summed E-state index contributed by atoms with van der Waals surface area (Å²) in [5, 5.41) is 0.501. The van der Waals surface area contributed by atoms with Crippen molar-refractivity contribution in [3.05, 3.63) is 58.6 Å². The Balaban J connectivity index is 1.62. The Bertz CT molecular complexity index is 773. The summed E-state index contributed by atoms with van der Waals surface area (Å²) in [5.41, 5.74) is 1.65. The van der Waals surface area contributed by atoms with Crippen LogP contribution in [0.1, 0.15) is 15.9 Å². The molecule has 1 amide bonds. The lowest BCUT2D eigenvalue weighted by atomic mass is 10.1. The number of ether oxygens (including phenoxy) is 2. The molecule has 6 heteroatoms. The van der Waals surface area contributed by atoms with E-state index in [1.54, 1.807) is 26.4 Å². The van der Waals surface area contributed by atoms with Gasteiger partial charge in [0.05, 0.1) is 24.8 Å². The molecule has 0 N–H and O–H groups in total. The number of carbonyl (C=O) groups is 1. The topological polar surface area (TPSA) is 42.0 Å². The van der Waals surface area contributed by atoms with Crippen LogP contribution < -0.4 is 9.47 Å². The number of amides is 1. The number of piperazine rings is 1. The highest BCUT2D eigenvalue weighted by Crippen LogP contribution is 2.26. The summed E-state index contributed by atoms with van der Waals surface area (Å²) in [7, 11) is 3.33. The Kier molecular flexibility index (Phi) is 6.01. The van der Waals surface area contributed by atoms with Crippen LogP contribution in [0.5, 0.6) is 11.5 Å². The first-order valence-electron chi connectivity index (χ1n) is 8.59. The van der Waals surface area contributed by atoms with Crippen molar-refractivity contribution in [3.63, 3.8) is 0 Å². The van der Waals surface area contributed by atoms with E-state index in [-0.39, 0.29) is 5.91 Å². The van der Waals surface area contributed by atoms with E-state index in [4.69, 9.17) is 21.1 Å². The van der Waals surface area contributed by atoms with Gasteiger partial charge >= 0.3 is 0 Å². The third-order valence-corrected chi connectivity index (χ3v) is 4.97. The SMILES string of the molecule is COc1ccc(OC)c(CN2CCN(C(=O)c3ccccc3Cl)CC2)c1. The molecule has 0 aromatic heterocycles. The Labute approximate surface area is 159 Å². The molecule has 0 spiro atoms. The molecule has 2 aromatic carbocycles. The summed E-state index contributed by atoms with van der Waals surface area (Å²) in [6.45, 7) is 3.72. The molecule has 0 radical (unpaired) electrons. The average Bonchev–Trinajstić information content (AvgIpc) is 2.68. The standard InChI is InChI=1S/C20H23ClN2O3/c1-25-16-7-8-19(26-2)15(13-16)14-22-9-11-23(12-10-22)20(24)17-5-3-4-6-18(17)21/h3-8,13H,9-12,14H2,1-2H3. The van der Waals surface area contributed by atoms with Crippen LogP contribution in [0.3, 0.4) is 0 Å². The maximum absolute atomic E-state index is 12.7. The lowest BCUT2D eigenvalue weighted by Gasteiger charge is -2.35. The van der Waals surface area contributed by atoms with Gasteiger partial charge in [-0.15, -0.1) is 0 Å². The lowest BCUT2D eigenvalue weighted by Crippen LogP contribution is -2.48. The fraction of sp³-hybridized carbons (Fsp3) is 0.350. The van der Waals surface area contributed by atoms with Gasteiger partial charge in [0.1, 0.15) is 11.5 Å². The summed E-state index contributed by atoms with van der Waals surface area (Å²) in [6.07, 6.45) is 0. The summed E-state index contributed by atoms with van der Waals surface area (Å²) >= 11 is 6.15. The van der Waals surface area contributed by atoms with E-state index < -0.39 is 0 Å². The maximum atomic E-state index is 12.7. The van der Waals surface area contributed by atoms with Gasteiger partial charge in [0, 0.05) is 38.3 Å². The lowest BCUT2D eigenvalue weighted by molar-refractivity contribution is 0.0627. The smallest absolute Gasteiger partial charge is 0.255 e. The minimum absolute atomic E-state index is 0.00536. The minimum Gasteiger partial charge on any atom is -0.497 e. The van der Waals surface area contributed by atoms with Crippen LogP contribution in [-0.4, -0.2) is 56.1 Å². The molecule has 1 aliphatic rings. The quantitative estimate of drug-likeness (QED) is 0.805. The maximum Gasteiger partial charge on any atom is 0.255 e. The predicted molar refractivity (Wildman–Crippen MR) is 102 cm³/mol. The van der Waals surface area contributed by atoms with Crippen LogP contribution in [0.15, 0.2) is 42.5 Å². The Morgan fingerprint density at radius 1 is 1.04 bits per heavy atom. The van der Waals surface area contributed by atoms with Crippen molar-refractivity contribution in [1.82, 2.24) is 9.80 Å². The van der Waals surface area contributed by atoms with Gasteiger partial charge in [-0.05, 0) is 30.3 Å². The number of benzene rings is 2. The first-order chi connectivity index (χ1) is 12.6. The molecule has 1 heterocycles. The second kappa shape index (κ2) is 8.43. The Hall–Kier alpha value is -2.24. The monoisotopic (exact) mass is 374 g/mol. The third kappa shape index (κ3) is 4.11. The van der Waals surface area contributed by atoms with E-state index in [9.17, 15) is 4.79 Å². The minimum atomic E-state index is -0.00536. The zero-order valence-electron chi connectivity index (χ0n) is 15.1. The largest absolute Gasteiger partial charge is 0.497 e. The zero-order chi connectivity index (χ0) is 18.5. The molecule has 0 aliphatic carbocycles. The number of hydrogen-bond acceptors (Lipinski definition) is 4. The molecule has 1 saturated heterocycles. The average molecular weight is 375 g/mol. The van der Waals surface area contributed by atoms with E-state index in [1.165, 1.54) is 0 Å². The number of methoxy groups -OCH3 is 2. The zero-order valence-corrected chi connectivity index (χ0v) is 15.8. The normalized spacial score (nSPS) is 15.0. The van der Waals surface area contributed by atoms with Gasteiger partial charge < -0.3 is 14.4 Å². The number of hydrogen-bond donors (Lipinski definition) is 0. The van der Waals surface area contributed by atoms with Crippen molar-refractivity contribution in [3.8, 4) is 11.5 Å². The molecule has 0 unspecified atom stereocenters. The van der Waals surface area contributed by atoms with Gasteiger partial charge in [-0.25, -0.2) is 0 Å². The highest BCUT2D eigenvalue weighted by molar-refractivity contribution is 6.33. The van der Waals surface area contributed by atoms with Gasteiger partial charge in [-0.3, -0.25) is 9.69 Å². The predicted octanol–water partition coefficient (Wildman–Crippen LogP) is 3.32. The van der Waals surface area contributed by atoms with E-state index in [1.807, 2.05) is 35.2 Å². The molecular weight excluding hydrogens is 352 g/mol. The van der Waals surface area contributed by atoms with Gasteiger partial charge in [0.2, 0.25) is 0 Å². The Morgan fingerprint density at radius 2 is 1.77 bits per heavy atom. The number of nitrogens with zero attached hydrogens (tertiary/aromatic N) is 2. The van der Waals surface area contributed by atoms with Crippen LogP contribution >= 0.6 is 11.6 Å². The van der Waals surface area contributed by atoms with Gasteiger partial charge in [0.25, 0.3) is 5.91 Å². The molecule has 1 fully saturated rings. The highest BCUT2D eigenvalue weighted by atomic mass is 35.5. The molecular formula is C20H23ClN2O3. The summed E-state index contributed by atoms with van der Waals surface area (Å²) < 4.78 is 10.8. The molecule has 3 rings (SSSR count). The Morgan fingerprint density at radius 3 is 2.42 bits per heavy atom. The van der Waals surface area contributed by atoms with E-state index in [0.29, 0.717) is 23.7 Å². The molecule has 1 aliphatic heterocycles. The summed E-state index contributed by atoms with van der Waals surface area (Å²) in [5.74, 6) is 1.66. The molecule has 2 aromatic rings. The molecule has 138 valence electrons. The number of rotatable bonds is 5. The summed E-state index contributed by atoms with van der Waals surface area (Å²) in [6, 6.07) is 13.0. The van der Waals surface area contributed by atoms with Crippen molar-refractivity contribution >= 4 is 17.5 Å². The number of halogens is 1. The van der Waals surface area contributed by atoms with Crippen LogP contribution in [0.4, 0.5) is 0 Å². The van der Waals surface area contributed by atoms with Crippen molar-refractivity contribution in [2.24, 2.45) is 0 Å². The highest BCUT2D eigenvalue weighted by Gasteiger charge is 2.24. The molecule has 0 bridgehead atoms. The van der Waals surface area contributed by atoms with Crippen LogP contribution in [0.2, 0.25) is 5.02 Å². The van der Waals surface area contributed by atoms with Gasteiger partial charge in [-0.1, -0.05) is 23.7 Å². The van der Waals surface area contributed by atoms with Crippen LogP contribution in [-0.2, 0) is 6.54 Å². The molecule has 5 nitrogen and oxygen atoms in total. The summed E-state index contributed by atoms with van der Waals surface area (Å²) in [4.78, 5) is 16.8. The van der Waals surface area contributed by atoms with Crippen molar-refractivity contribution < 1.29 is 14.3 Å². The second-order valence-electron chi connectivity index (χ2n) is 6.23. The molecule has 0 atom stereocenters. The fourth-order valence-corrected chi connectivity index (χ4v) is 3.38. The van der Waals surface area contributed by atoms with Crippen molar-refractivity contribution in [2.75, 3.05) is 40.4 Å². The van der Waals surface area contributed by atoms with Crippen molar-refractivity contribution in [2.45, 2.75) is 6.54 Å². The van der Waals surface area contributed by atoms with Gasteiger partial charge in [-0.2, -0.15) is 0 Å². The van der Waals surface area contributed by atoms with E-state index in [0.717, 1.165) is 36.7 Å². The molecule has 26 heavy (non-hydrogen) atoms. The van der Waals surface area contributed by atoms with E-state index >= 15 is 0 Å². The van der Waals surface area contributed by atoms with Crippen molar-refractivity contribution in [1.29, 1.82) is 0 Å².